The van der Waals surface area contributed by atoms with E-state index in [-0.39, 0.29) is 11.8 Å². The molecule has 0 aromatic heterocycles. The molecule has 5 heteroatoms. The smallest absolute Gasteiger partial charge is 0.319 e. The Kier molecular flexibility index (Phi) is 6.29. The van der Waals surface area contributed by atoms with Crippen molar-refractivity contribution in [2.24, 2.45) is 0 Å². The third-order valence-electron chi connectivity index (χ3n) is 2.72. The van der Waals surface area contributed by atoms with Crippen LogP contribution < -0.4 is 10.6 Å². The topological polar surface area (TPSA) is 50.4 Å². The molecule has 1 rings (SSSR count). The number of nitrogens with one attached hydrogen (secondary N) is 2. The maximum Gasteiger partial charge on any atom is 0.319 e. The quantitative estimate of drug-likeness (QED) is 0.833. The molecule has 2 N–H and O–H groups in total. The molecule has 0 heterocycles. The maximum absolute atomic E-state index is 13.5. The number of hydrogen-bond donors (Lipinski definition) is 2. The SMILES string of the molecule is CCO[C@H](CC)CNC(=O)Nc1ccc(C)cc1F. The Balaban J connectivity index is 2.46. The Hall–Kier alpha value is -1.62. The molecule has 0 radical (unpaired) electrons. The summed E-state index contributed by atoms with van der Waals surface area (Å²) in [4.78, 5) is 11.6. The molecular weight excluding hydrogens is 247 g/mol. The van der Waals surface area contributed by atoms with E-state index in [1.54, 1.807) is 19.1 Å². The van der Waals surface area contributed by atoms with Crippen LogP contribution in [0.3, 0.4) is 0 Å². The molecule has 0 spiro atoms. The van der Waals surface area contributed by atoms with E-state index >= 15 is 0 Å². The van der Waals surface area contributed by atoms with Crippen LogP contribution in [0.1, 0.15) is 25.8 Å². The highest BCUT2D eigenvalue weighted by atomic mass is 19.1. The maximum atomic E-state index is 13.5. The third kappa shape index (κ3) is 5.26. The first kappa shape index (κ1) is 15.4. The van der Waals surface area contributed by atoms with Gasteiger partial charge < -0.3 is 15.4 Å². The highest BCUT2D eigenvalue weighted by molar-refractivity contribution is 5.89. The summed E-state index contributed by atoms with van der Waals surface area (Å²) >= 11 is 0. The highest BCUT2D eigenvalue weighted by Crippen LogP contribution is 2.14. The van der Waals surface area contributed by atoms with Crippen LogP contribution >= 0.6 is 0 Å². The molecule has 0 aliphatic heterocycles. The molecule has 0 fully saturated rings. The molecule has 0 unspecified atom stereocenters. The van der Waals surface area contributed by atoms with Crippen molar-refractivity contribution in [2.75, 3.05) is 18.5 Å². The van der Waals surface area contributed by atoms with Crippen molar-refractivity contribution in [3.05, 3.63) is 29.6 Å². The second kappa shape index (κ2) is 7.74. The number of aryl methyl sites for hydroxylation is 1. The van der Waals surface area contributed by atoms with Gasteiger partial charge in [-0.3, -0.25) is 0 Å². The predicted molar refractivity (Wildman–Crippen MR) is 73.9 cm³/mol. The first-order valence-electron chi connectivity index (χ1n) is 6.49. The van der Waals surface area contributed by atoms with E-state index in [0.717, 1.165) is 12.0 Å². The summed E-state index contributed by atoms with van der Waals surface area (Å²) < 4.78 is 18.9. The fourth-order valence-electron chi connectivity index (χ4n) is 1.65. The Morgan fingerprint density at radius 3 is 2.74 bits per heavy atom. The monoisotopic (exact) mass is 268 g/mol. The van der Waals surface area contributed by atoms with Gasteiger partial charge in [0, 0.05) is 13.2 Å². The summed E-state index contributed by atoms with van der Waals surface area (Å²) in [6.45, 7) is 6.70. The van der Waals surface area contributed by atoms with Crippen molar-refractivity contribution < 1.29 is 13.9 Å². The molecule has 106 valence electrons. The molecule has 1 aromatic rings. The van der Waals surface area contributed by atoms with Gasteiger partial charge in [0.1, 0.15) is 5.82 Å². The van der Waals surface area contributed by atoms with Crippen molar-refractivity contribution in [2.45, 2.75) is 33.3 Å². The summed E-state index contributed by atoms with van der Waals surface area (Å²) in [7, 11) is 0. The number of benzene rings is 1. The minimum Gasteiger partial charge on any atom is -0.377 e. The molecule has 4 nitrogen and oxygen atoms in total. The standard InChI is InChI=1S/C14H21FN2O2/c1-4-11(19-5-2)9-16-14(18)17-13-7-6-10(3)8-12(13)15/h6-8,11H,4-5,9H2,1-3H3,(H2,16,17,18)/t11-/m1/s1. The van der Waals surface area contributed by atoms with Crippen LogP contribution in [0.25, 0.3) is 0 Å². The molecule has 1 aromatic carbocycles. The van der Waals surface area contributed by atoms with Crippen molar-refractivity contribution in [1.29, 1.82) is 0 Å². The van der Waals surface area contributed by atoms with Crippen LogP contribution in [0, 0.1) is 12.7 Å². The van der Waals surface area contributed by atoms with Crippen molar-refractivity contribution >= 4 is 11.7 Å². The number of anilines is 1. The Morgan fingerprint density at radius 2 is 2.16 bits per heavy atom. The number of halogens is 1. The van der Waals surface area contributed by atoms with Gasteiger partial charge in [-0.15, -0.1) is 0 Å². The van der Waals surface area contributed by atoms with Gasteiger partial charge in [0.25, 0.3) is 0 Å². The zero-order valence-electron chi connectivity index (χ0n) is 11.6. The highest BCUT2D eigenvalue weighted by Gasteiger charge is 2.10. The fraction of sp³-hybridized carbons (Fsp3) is 0.500. The number of ether oxygens (including phenoxy) is 1. The average molecular weight is 268 g/mol. The summed E-state index contributed by atoms with van der Waals surface area (Å²) in [5.74, 6) is -0.438. The number of hydrogen-bond acceptors (Lipinski definition) is 2. The van der Waals surface area contributed by atoms with Gasteiger partial charge in [-0.2, -0.15) is 0 Å². The van der Waals surface area contributed by atoms with Crippen LogP contribution in [-0.4, -0.2) is 25.3 Å². The molecule has 19 heavy (non-hydrogen) atoms. The van der Waals surface area contributed by atoms with Crippen molar-refractivity contribution in [3.8, 4) is 0 Å². The van der Waals surface area contributed by atoms with E-state index in [9.17, 15) is 9.18 Å². The van der Waals surface area contributed by atoms with Gasteiger partial charge in [0.2, 0.25) is 0 Å². The summed E-state index contributed by atoms with van der Waals surface area (Å²) in [5, 5.41) is 5.15. The lowest BCUT2D eigenvalue weighted by Gasteiger charge is -2.16. The van der Waals surface area contributed by atoms with Crippen LogP contribution in [0.15, 0.2) is 18.2 Å². The van der Waals surface area contributed by atoms with E-state index in [0.29, 0.717) is 13.2 Å². The summed E-state index contributed by atoms with van der Waals surface area (Å²) in [6, 6.07) is 4.24. The minimum absolute atomic E-state index is 0.0152. The normalized spacial score (nSPS) is 12.0. The lowest BCUT2D eigenvalue weighted by molar-refractivity contribution is 0.0622. The molecule has 0 aliphatic carbocycles. The van der Waals surface area contributed by atoms with E-state index in [2.05, 4.69) is 10.6 Å². The van der Waals surface area contributed by atoms with E-state index in [4.69, 9.17) is 4.74 Å². The van der Waals surface area contributed by atoms with Crippen LogP contribution in [-0.2, 0) is 4.74 Å². The van der Waals surface area contributed by atoms with Crippen LogP contribution in [0.5, 0.6) is 0 Å². The van der Waals surface area contributed by atoms with E-state index < -0.39 is 11.8 Å². The number of carbonyl (C=O) groups excluding carboxylic acids is 1. The molecule has 0 saturated heterocycles. The second-order valence-electron chi connectivity index (χ2n) is 4.30. The lowest BCUT2D eigenvalue weighted by atomic mass is 10.2. The average Bonchev–Trinajstić information content (AvgIpc) is 2.38. The van der Waals surface area contributed by atoms with Crippen molar-refractivity contribution in [1.82, 2.24) is 5.32 Å². The molecule has 0 aliphatic rings. The van der Waals surface area contributed by atoms with Crippen LogP contribution in [0.4, 0.5) is 14.9 Å². The second-order valence-corrected chi connectivity index (χ2v) is 4.30. The molecule has 2 amide bonds. The first-order chi connectivity index (χ1) is 9.06. The van der Waals surface area contributed by atoms with Crippen LogP contribution in [0.2, 0.25) is 0 Å². The Bertz CT molecular complexity index is 424. The van der Waals surface area contributed by atoms with Crippen molar-refractivity contribution in [3.63, 3.8) is 0 Å². The van der Waals surface area contributed by atoms with Gasteiger partial charge in [0.15, 0.2) is 0 Å². The van der Waals surface area contributed by atoms with Gasteiger partial charge in [-0.1, -0.05) is 13.0 Å². The van der Waals surface area contributed by atoms with Gasteiger partial charge >= 0.3 is 6.03 Å². The van der Waals surface area contributed by atoms with E-state index in [1.807, 2.05) is 13.8 Å². The zero-order valence-corrected chi connectivity index (χ0v) is 11.6. The summed E-state index contributed by atoms with van der Waals surface area (Å²) in [5.41, 5.74) is 0.985. The van der Waals surface area contributed by atoms with Gasteiger partial charge in [-0.05, 0) is 38.0 Å². The number of carbonyl (C=O) groups is 1. The predicted octanol–water partition coefficient (Wildman–Crippen LogP) is 3.07. The zero-order chi connectivity index (χ0) is 14.3. The van der Waals surface area contributed by atoms with Gasteiger partial charge in [0.05, 0.1) is 11.8 Å². The third-order valence-corrected chi connectivity index (χ3v) is 2.72. The lowest BCUT2D eigenvalue weighted by Crippen LogP contribution is -2.36. The summed E-state index contributed by atoms with van der Waals surface area (Å²) in [6.07, 6.45) is 0.797. The van der Waals surface area contributed by atoms with Gasteiger partial charge in [-0.25, -0.2) is 9.18 Å². The molecule has 0 bridgehead atoms. The largest absolute Gasteiger partial charge is 0.377 e. The molecule has 1 atom stereocenters. The first-order valence-corrected chi connectivity index (χ1v) is 6.49. The Labute approximate surface area is 113 Å². The number of rotatable bonds is 6. The molecule has 0 saturated carbocycles. The fourth-order valence-corrected chi connectivity index (χ4v) is 1.65. The number of urea groups is 1. The number of amides is 2. The minimum atomic E-state index is -0.438. The van der Waals surface area contributed by atoms with E-state index in [1.165, 1.54) is 6.07 Å². The Morgan fingerprint density at radius 1 is 1.42 bits per heavy atom. The molecular formula is C14H21FN2O2.